The fourth-order valence-electron chi connectivity index (χ4n) is 4.07. The van der Waals surface area contributed by atoms with Crippen molar-refractivity contribution in [2.45, 2.75) is 31.2 Å². The molecule has 1 fully saturated rings. The molecule has 29 heavy (non-hydrogen) atoms. The lowest BCUT2D eigenvalue weighted by atomic mass is 10.0. The lowest BCUT2D eigenvalue weighted by Crippen LogP contribution is -2.48. The third-order valence-electron chi connectivity index (χ3n) is 5.70. The van der Waals surface area contributed by atoms with E-state index < -0.39 is 10.0 Å². The molecule has 0 saturated carbocycles. The number of benzene rings is 3. The average Bonchev–Trinajstić information content (AvgIpc) is 2.75. The van der Waals surface area contributed by atoms with E-state index >= 15 is 0 Å². The number of aryl methyl sites for hydroxylation is 1. The van der Waals surface area contributed by atoms with Gasteiger partial charge in [-0.05, 0) is 40.5 Å². The molecule has 0 unspecified atom stereocenters. The Hall–Kier alpha value is -2.21. The van der Waals surface area contributed by atoms with Crippen LogP contribution in [-0.2, 0) is 23.0 Å². The largest absolute Gasteiger partial charge is 0.296 e. The third-order valence-corrected chi connectivity index (χ3v) is 7.62. The first-order valence-corrected chi connectivity index (χ1v) is 11.8. The fourth-order valence-corrected chi connectivity index (χ4v) is 5.49. The molecule has 0 radical (unpaired) electrons. The zero-order chi connectivity index (χ0) is 20.3. The SMILES string of the molecule is CCCc1ccc(S(=O)(=O)N2CCN(Cc3cccc4ccccc34)CC2)cc1. The summed E-state index contributed by atoms with van der Waals surface area (Å²) in [6.45, 7) is 5.53. The van der Waals surface area contributed by atoms with Gasteiger partial charge >= 0.3 is 0 Å². The maximum Gasteiger partial charge on any atom is 0.243 e. The summed E-state index contributed by atoms with van der Waals surface area (Å²) in [6.07, 6.45) is 2.04. The second-order valence-electron chi connectivity index (χ2n) is 7.71. The molecule has 0 N–H and O–H groups in total. The molecular formula is C24H28N2O2S. The fraction of sp³-hybridized carbons (Fsp3) is 0.333. The molecule has 3 aromatic carbocycles. The lowest BCUT2D eigenvalue weighted by molar-refractivity contribution is 0.182. The standard InChI is InChI=1S/C24H28N2O2S/c1-2-6-20-11-13-23(14-12-20)29(27,28)26-17-15-25(16-18-26)19-22-9-5-8-21-7-3-4-10-24(21)22/h3-5,7-14H,2,6,15-19H2,1H3. The van der Waals surface area contributed by atoms with Crippen LogP contribution in [0, 0.1) is 0 Å². The smallest absolute Gasteiger partial charge is 0.243 e. The molecule has 152 valence electrons. The van der Waals surface area contributed by atoms with Gasteiger partial charge in [0.2, 0.25) is 10.0 Å². The predicted octanol–water partition coefficient (Wildman–Crippen LogP) is 4.30. The Morgan fingerprint density at radius 3 is 2.24 bits per heavy atom. The van der Waals surface area contributed by atoms with E-state index in [9.17, 15) is 8.42 Å². The minimum Gasteiger partial charge on any atom is -0.296 e. The molecule has 1 aliphatic heterocycles. The van der Waals surface area contributed by atoms with Crippen molar-refractivity contribution in [3.8, 4) is 0 Å². The molecule has 0 amide bonds. The number of nitrogens with zero attached hydrogens (tertiary/aromatic N) is 2. The van der Waals surface area contributed by atoms with E-state index in [4.69, 9.17) is 0 Å². The van der Waals surface area contributed by atoms with E-state index in [-0.39, 0.29) is 0 Å². The number of rotatable bonds is 6. The van der Waals surface area contributed by atoms with Gasteiger partial charge < -0.3 is 0 Å². The Morgan fingerprint density at radius 2 is 1.52 bits per heavy atom. The van der Waals surface area contributed by atoms with E-state index in [1.165, 1.54) is 21.9 Å². The van der Waals surface area contributed by atoms with Crippen LogP contribution in [0.4, 0.5) is 0 Å². The highest BCUT2D eigenvalue weighted by Gasteiger charge is 2.28. The summed E-state index contributed by atoms with van der Waals surface area (Å²) >= 11 is 0. The van der Waals surface area contributed by atoms with E-state index in [1.807, 2.05) is 12.1 Å². The Morgan fingerprint density at radius 1 is 0.828 bits per heavy atom. The van der Waals surface area contributed by atoms with Gasteiger partial charge in [-0.2, -0.15) is 4.31 Å². The van der Waals surface area contributed by atoms with Crippen molar-refractivity contribution in [1.82, 2.24) is 9.21 Å². The quantitative estimate of drug-likeness (QED) is 0.611. The van der Waals surface area contributed by atoms with Gasteiger partial charge in [0, 0.05) is 32.7 Å². The number of hydrogen-bond acceptors (Lipinski definition) is 3. The summed E-state index contributed by atoms with van der Waals surface area (Å²) in [5, 5.41) is 2.52. The molecule has 0 bridgehead atoms. The molecule has 4 rings (SSSR count). The van der Waals surface area contributed by atoms with Gasteiger partial charge in [0.25, 0.3) is 0 Å². The molecule has 1 aliphatic rings. The molecule has 4 nitrogen and oxygen atoms in total. The van der Waals surface area contributed by atoms with E-state index in [0.29, 0.717) is 18.0 Å². The van der Waals surface area contributed by atoms with Gasteiger partial charge in [-0.3, -0.25) is 4.90 Å². The zero-order valence-corrected chi connectivity index (χ0v) is 17.7. The van der Waals surface area contributed by atoms with Crippen molar-refractivity contribution in [3.05, 3.63) is 77.9 Å². The number of hydrogen-bond donors (Lipinski definition) is 0. The summed E-state index contributed by atoms with van der Waals surface area (Å²) in [7, 11) is -3.42. The lowest BCUT2D eigenvalue weighted by Gasteiger charge is -2.34. The average molecular weight is 409 g/mol. The highest BCUT2D eigenvalue weighted by atomic mass is 32.2. The molecule has 0 aromatic heterocycles. The van der Waals surface area contributed by atoms with Crippen LogP contribution in [0.1, 0.15) is 24.5 Å². The molecule has 0 atom stereocenters. The van der Waals surface area contributed by atoms with Crippen LogP contribution in [0.2, 0.25) is 0 Å². The molecular weight excluding hydrogens is 380 g/mol. The predicted molar refractivity (Wildman–Crippen MR) is 118 cm³/mol. The summed E-state index contributed by atoms with van der Waals surface area (Å²) in [5.41, 5.74) is 2.48. The van der Waals surface area contributed by atoms with Crippen LogP contribution in [-0.4, -0.2) is 43.8 Å². The van der Waals surface area contributed by atoms with E-state index in [0.717, 1.165) is 32.5 Å². The van der Waals surface area contributed by atoms with Crippen molar-refractivity contribution in [3.63, 3.8) is 0 Å². The van der Waals surface area contributed by atoms with Crippen molar-refractivity contribution in [2.75, 3.05) is 26.2 Å². The maximum absolute atomic E-state index is 13.0. The van der Waals surface area contributed by atoms with Crippen molar-refractivity contribution in [1.29, 1.82) is 0 Å². The topological polar surface area (TPSA) is 40.6 Å². The number of piperazine rings is 1. The summed E-state index contributed by atoms with van der Waals surface area (Å²) in [4.78, 5) is 2.75. The number of sulfonamides is 1. The van der Waals surface area contributed by atoms with Crippen molar-refractivity contribution in [2.24, 2.45) is 0 Å². The van der Waals surface area contributed by atoms with Gasteiger partial charge in [0.1, 0.15) is 0 Å². The monoisotopic (exact) mass is 408 g/mol. The molecule has 5 heteroatoms. The highest BCUT2D eigenvalue weighted by molar-refractivity contribution is 7.89. The van der Waals surface area contributed by atoms with Crippen molar-refractivity contribution < 1.29 is 8.42 Å². The molecule has 1 heterocycles. The Labute approximate surface area is 173 Å². The van der Waals surface area contributed by atoms with Crippen LogP contribution in [0.15, 0.2) is 71.6 Å². The Balaban J connectivity index is 1.42. The van der Waals surface area contributed by atoms with Gasteiger partial charge in [-0.15, -0.1) is 0 Å². The molecule has 0 aliphatic carbocycles. The Bertz CT molecular complexity index is 1060. The molecule has 0 spiro atoms. The van der Waals surface area contributed by atoms with Crippen LogP contribution in [0.25, 0.3) is 10.8 Å². The second kappa shape index (κ2) is 8.66. The highest BCUT2D eigenvalue weighted by Crippen LogP contribution is 2.22. The van der Waals surface area contributed by atoms with E-state index in [1.54, 1.807) is 16.4 Å². The van der Waals surface area contributed by atoms with Crippen LogP contribution < -0.4 is 0 Å². The van der Waals surface area contributed by atoms with E-state index in [2.05, 4.69) is 54.3 Å². The van der Waals surface area contributed by atoms with Crippen molar-refractivity contribution >= 4 is 20.8 Å². The van der Waals surface area contributed by atoms with Gasteiger partial charge in [0.05, 0.1) is 4.90 Å². The first-order chi connectivity index (χ1) is 14.1. The van der Waals surface area contributed by atoms with Crippen LogP contribution >= 0.6 is 0 Å². The summed E-state index contributed by atoms with van der Waals surface area (Å²) < 4.78 is 27.6. The van der Waals surface area contributed by atoms with Gasteiger partial charge in [-0.25, -0.2) is 8.42 Å². The van der Waals surface area contributed by atoms with Gasteiger partial charge in [0.15, 0.2) is 0 Å². The minimum atomic E-state index is -3.42. The first kappa shape index (κ1) is 20.1. The Kier molecular flexibility index (Phi) is 5.99. The first-order valence-electron chi connectivity index (χ1n) is 10.4. The zero-order valence-electron chi connectivity index (χ0n) is 16.9. The molecule has 1 saturated heterocycles. The van der Waals surface area contributed by atoms with Crippen LogP contribution in [0.5, 0.6) is 0 Å². The third kappa shape index (κ3) is 4.37. The minimum absolute atomic E-state index is 0.403. The second-order valence-corrected chi connectivity index (χ2v) is 9.65. The summed E-state index contributed by atoms with van der Waals surface area (Å²) in [6, 6.07) is 22.2. The molecule has 3 aromatic rings. The number of fused-ring (bicyclic) bond motifs is 1. The van der Waals surface area contributed by atoms with Gasteiger partial charge in [-0.1, -0.05) is 67.9 Å². The normalized spacial score (nSPS) is 16.3. The maximum atomic E-state index is 13.0. The summed E-state index contributed by atoms with van der Waals surface area (Å²) in [5.74, 6) is 0. The van der Waals surface area contributed by atoms with Crippen LogP contribution in [0.3, 0.4) is 0 Å².